The molecule has 0 unspecified atom stereocenters. The summed E-state index contributed by atoms with van der Waals surface area (Å²) in [6.45, 7) is 7.07. The number of rotatable bonds is 5. The standard InChI is InChI=1S/C20H21ClN2OS/c1-4-24-17-9-12(2)19(21)13(3)18(17)16-11-25-20(23-16)15-8-6-5-7-14(15)10-22/h5-9,11H,4,10,22H2,1-3H3. The monoisotopic (exact) mass is 372 g/mol. The second-order valence-corrected chi connectivity index (χ2v) is 7.07. The number of hydrogen-bond acceptors (Lipinski definition) is 4. The summed E-state index contributed by atoms with van der Waals surface area (Å²) in [5.74, 6) is 0.825. The summed E-state index contributed by atoms with van der Waals surface area (Å²) in [5, 5.41) is 3.77. The molecule has 0 aliphatic rings. The molecule has 2 N–H and O–H groups in total. The van der Waals surface area contributed by atoms with E-state index < -0.39 is 0 Å². The van der Waals surface area contributed by atoms with Gasteiger partial charge in [-0.3, -0.25) is 0 Å². The summed E-state index contributed by atoms with van der Waals surface area (Å²) < 4.78 is 5.85. The fourth-order valence-corrected chi connectivity index (χ4v) is 3.95. The number of thiazole rings is 1. The summed E-state index contributed by atoms with van der Waals surface area (Å²) in [5.41, 5.74) is 11.9. The molecule has 0 saturated carbocycles. The molecular weight excluding hydrogens is 352 g/mol. The van der Waals surface area contributed by atoms with Crippen molar-refractivity contribution >= 4 is 22.9 Å². The van der Waals surface area contributed by atoms with E-state index in [9.17, 15) is 0 Å². The van der Waals surface area contributed by atoms with Crippen molar-refractivity contribution in [3.63, 3.8) is 0 Å². The van der Waals surface area contributed by atoms with Crippen LogP contribution in [0.4, 0.5) is 0 Å². The van der Waals surface area contributed by atoms with Crippen LogP contribution in [0.3, 0.4) is 0 Å². The van der Waals surface area contributed by atoms with E-state index in [2.05, 4.69) is 11.4 Å². The highest BCUT2D eigenvalue weighted by Crippen LogP contribution is 2.41. The molecule has 0 aliphatic carbocycles. The Labute approximate surface area is 157 Å². The topological polar surface area (TPSA) is 48.1 Å². The average molecular weight is 373 g/mol. The molecule has 3 rings (SSSR count). The summed E-state index contributed by atoms with van der Waals surface area (Å²) in [6, 6.07) is 10.1. The average Bonchev–Trinajstić information content (AvgIpc) is 3.09. The first-order chi connectivity index (χ1) is 12.1. The van der Waals surface area contributed by atoms with Crippen molar-refractivity contribution < 1.29 is 4.74 Å². The maximum Gasteiger partial charge on any atom is 0.129 e. The molecule has 1 heterocycles. The van der Waals surface area contributed by atoms with Crippen LogP contribution >= 0.6 is 22.9 Å². The molecule has 0 amide bonds. The van der Waals surface area contributed by atoms with Crippen molar-refractivity contribution in [2.24, 2.45) is 5.73 Å². The van der Waals surface area contributed by atoms with Gasteiger partial charge in [0.25, 0.3) is 0 Å². The largest absolute Gasteiger partial charge is 0.493 e. The van der Waals surface area contributed by atoms with Crippen LogP contribution in [0, 0.1) is 13.8 Å². The van der Waals surface area contributed by atoms with Gasteiger partial charge < -0.3 is 10.5 Å². The summed E-state index contributed by atoms with van der Waals surface area (Å²) in [6.07, 6.45) is 0. The van der Waals surface area contributed by atoms with Crippen LogP contribution in [0.2, 0.25) is 5.02 Å². The third-order valence-electron chi connectivity index (χ3n) is 4.17. The minimum Gasteiger partial charge on any atom is -0.493 e. The number of nitrogens with two attached hydrogens (primary N) is 1. The number of ether oxygens (including phenoxy) is 1. The molecule has 25 heavy (non-hydrogen) atoms. The number of benzene rings is 2. The van der Waals surface area contributed by atoms with Crippen molar-refractivity contribution in [2.75, 3.05) is 6.61 Å². The Morgan fingerprint density at radius 1 is 1.24 bits per heavy atom. The van der Waals surface area contributed by atoms with Gasteiger partial charge >= 0.3 is 0 Å². The molecule has 0 aliphatic heterocycles. The molecule has 0 spiro atoms. The van der Waals surface area contributed by atoms with Crippen LogP contribution in [0.15, 0.2) is 35.7 Å². The van der Waals surface area contributed by atoms with E-state index in [1.165, 1.54) is 0 Å². The van der Waals surface area contributed by atoms with Gasteiger partial charge in [0.15, 0.2) is 0 Å². The van der Waals surface area contributed by atoms with Crippen molar-refractivity contribution in [3.8, 4) is 27.6 Å². The molecule has 5 heteroatoms. The number of hydrogen-bond donors (Lipinski definition) is 1. The zero-order valence-corrected chi connectivity index (χ0v) is 16.2. The van der Waals surface area contributed by atoms with E-state index in [1.807, 2.05) is 45.0 Å². The van der Waals surface area contributed by atoms with Crippen LogP contribution in [0.25, 0.3) is 21.8 Å². The summed E-state index contributed by atoms with van der Waals surface area (Å²) >= 11 is 8.09. The van der Waals surface area contributed by atoms with Crippen LogP contribution in [0.5, 0.6) is 5.75 Å². The Kier molecular flexibility index (Phi) is 5.42. The second kappa shape index (κ2) is 7.56. The lowest BCUT2D eigenvalue weighted by Crippen LogP contribution is -1.99. The number of aryl methyl sites for hydroxylation is 1. The van der Waals surface area contributed by atoms with Gasteiger partial charge in [-0.15, -0.1) is 11.3 Å². The molecule has 3 nitrogen and oxygen atoms in total. The highest BCUT2D eigenvalue weighted by atomic mass is 35.5. The van der Waals surface area contributed by atoms with E-state index in [0.29, 0.717) is 13.2 Å². The van der Waals surface area contributed by atoms with E-state index in [4.69, 9.17) is 27.1 Å². The summed E-state index contributed by atoms with van der Waals surface area (Å²) in [7, 11) is 0. The molecule has 2 aromatic carbocycles. The quantitative estimate of drug-likeness (QED) is 0.633. The predicted molar refractivity (Wildman–Crippen MR) is 107 cm³/mol. The van der Waals surface area contributed by atoms with Gasteiger partial charge in [-0.25, -0.2) is 4.98 Å². The Balaban J connectivity index is 2.13. The molecule has 1 aromatic heterocycles. The van der Waals surface area contributed by atoms with Crippen LogP contribution < -0.4 is 10.5 Å². The molecule has 0 saturated heterocycles. The normalized spacial score (nSPS) is 10.9. The third kappa shape index (κ3) is 3.43. The minimum atomic E-state index is 0.491. The first-order valence-corrected chi connectivity index (χ1v) is 9.49. The maximum atomic E-state index is 6.48. The highest BCUT2D eigenvalue weighted by molar-refractivity contribution is 7.13. The van der Waals surface area contributed by atoms with E-state index in [-0.39, 0.29) is 0 Å². The van der Waals surface area contributed by atoms with Gasteiger partial charge in [0.05, 0.1) is 12.3 Å². The lowest BCUT2D eigenvalue weighted by molar-refractivity contribution is 0.341. The van der Waals surface area contributed by atoms with Gasteiger partial charge in [-0.1, -0.05) is 35.9 Å². The highest BCUT2D eigenvalue weighted by Gasteiger charge is 2.18. The fourth-order valence-electron chi connectivity index (χ4n) is 2.93. The Morgan fingerprint density at radius 3 is 2.72 bits per heavy atom. The lowest BCUT2D eigenvalue weighted by atomic mass is 10.0. The van der Waals surface area contributed by atoms with Crippen molar-refractivity contribution in [1.29, 1.82) is 0 Å². The molecule has 3 aromatic rings. The van der Waals surface area contributed by atoms with Crippen molar-refractivity contribution in [2.45, 2.75) is 27.3 Å². The van der Waals surface area contributed by atoms with Gasteiger partial charge in [0.2, 0.25) is 0 Å². The zero-order chi connectivity index (χ0) is 18.0. The number of aromatic nitrogens is 1. The summed E-state index contributed by atoms with van der Waals surface area (Å²) in [4.78, 5) is 4.86. The maximum absolute atomic E-state index is 6.48. The third-order valence-corrected chi connectivity index (χ3v) is 5.63. The van der Waals surface area contributed by atoms with E-state index in [0.717, 1.165) is 49.3 Å². The van der Waals surface area contributed by atoms with Crippen LogP contribution in [-0.2, 0) is 6.54 Å². The van der Waals surface area contributed by atoms with E-state index >= 15 is 0 Å². The van der Waals surface area contributed by atoms with Gasteiger partial charge in [-0.05, 0) is 43.5 Å². The lowest BCUT2D eigenvalue weighted by Gasteiger charge is -2.15. The van der Waals surface area contributed by atoms with Gasteiger partial charge in [0.1, 0.15) is 10.8 Å². The Hall–Kier alpha value is -1.88. The molecule has 0 bridgehead atoms. The zero-order valence-electron chi connectivity index (χ0n) is 14.6. The first-order valence-electron chi connectivity index (χ1n) is 8.23. The molecule has 0 radical (unpaired) electrons. The predicted octanol–water partition coefficient (Wildman–Crippen LogP) is 5.60. The van der Waals surface area contributed by atoms with Crippen LogP contribution in [-0.4, -0.2) is 11.6 Å². The van der Waals surface area contributed by atoms with Gasteiger partial charge in [-0.2, -0.15) is 0 Å². The first kappa shape index (κ1) is 17.9. The van der Waals surface area contributed by atoms with Gasteiger partial charge in [0, 0.05) is 28.1 Å². The number of halogens is 1. The fraction of sp³-hybridized carbons (Fsp3) is 0.250. The molecule has 0 atom stereocenters. The second-order valence-electron chi connectivity index (χ2n) is 5.84. The van der Waals surface area contributed by atoms with Crippen LogP contribution in [0.1, 0.15) is 23.6 Å². The Bertz CT molecular complexity index is 905. The smallest absolute Gasteiger partial charge is 0.129 e. The van der Waals surface area contributed by atoms with Crippen molar-refractivity contribution in [3.05, 3.63) is 57.4 Å². The number of nitrogens with zero attached hydrogens (tertiary/aromatic N) is 1. The molecule has 0 fully saturated rings. The SMILES string of the molecule is CCOc1cc(C)c(Cl)c(C)c1-c1csc(-c2ccccc2CN)n1. The van der Waals surface area contributed by atoms with Crippen molar-refractivity contribution in [1.82, 2.24) is 4.98 Å². The minimum absolute atomic E-state index is 0.491. The molecule has 130 valence electrons. The molecular formula is C20H21ClN2OS. The van der Waals surface area contributed by atoms with E-state index in [1.54, 1.807) is 11.3 Å². The Morgan fingerprint density at radius 2 is 2.00 bits per heavy atom.